The summed E-state index contributed by atoms with van der Waals surface area (Å²) < 4.78 is 13.2. The van der Waals surface area contributed by atoms with Crippen LogP contribution in [0.3, 0.4) is 0 Å². The highest BCUT2D eigenvalue weighted by molar-refractivity contribution is 6.04. The number of carbonyl (C=O) groups excluding carboxylic acids is 2. The summed E-state index contributed by atoms with van der Waals surface area (Å²) in [6.45, 7) is 2.37. The van der Waals surface area contributed by atoms with Crippen LogP contribution in [-0.2, 0) is 11.3 Å². The number of likely N-dealkylation sites (tertiary alicyclic amines) is 1. The molecule has 0 spiro atoms. The third-order valence-electron chi connectivity index (χ3n) is 4.61. The number of halogens is 1. The summed E-state index contributed by atoms with van der Waals surface area (Å²) in [5.74, 6) is -1.10. The zero-order valence-corrected chi connectivity index (χ0v) is 14.5. The van der Waals surface area contributed by atoms with Crippen LogP contribution < -0.4 is 11.1 Å². The van der Waals surface area contributed by atoms with Crippen molar-refractivity contribution in [2.75, 3.05) is 18.4 Å². The fourth-order valence-corrected chi connectivity index (χ4v) is 3.22. The van der Waals surface area contributed by atoms with Crippen LogP contribution >= 0.6 is 0 Å². The van der Waals surface area contributed by atoms with E-state index in [-0.39, 0.29) is 23.3 Å². The molecule has 3 N–H and O–H groups in total. The number of piperidine rings is 1. The van der Waals surface area contributed by atoms with E-state index >= 15 is 0 Å². The zero-order valence-electron chi connectivity index (χ0n) is 14.5. The van der Waals surface area contributed by atoms with Gasteiger partial charge < -0.3 is 11.1 Å². The van der Waals surface area contributed by atoms with Gasteiger partial charge in [-0.3, -0.25) is 14.5 Å². The number of benzene rings is 2. The molecule has 26 heavy (non-hydrogen) atoms. The van der Waals surface area contributed by atoms with Crippen molar-refractivity contribution >= 4 is 17.5 Å². The molecule has 3 rings (SSSR count). The third kappa shape index (κ3) is 4.67. The van der Waals surface area contributed by atoms with Crippen LogP contribution in [0.15, 0.2) is 48.5 Å². The summed E-state index contributed by atoms with van der Waals surface area (Å²) in [5.41, 5.74) is 7.44. The first-order valence-corrected chi connectivity index (χ1v) is 8.69. The van der Waals surface area contributed by atoms with Gasteiger partial charge in [0.15, 0.2) is 0 Å². The molecule has 1 atom stereocenters. The van der Waals surface area contributed by atoms with E-state index in [0.29, 0.717) is 12.2 Å². The maximum absolute atomic E-state index is 13.2. The molecule has 2 aromatic carbocycles. The van der Waals surface area contributed by atoms with Crippen LogP contribution in [0, 0.1) is 11.7 Å². The van der Waals surface area contributed by atoms with E-state index in [4.69, 9.17) is 5.73 Å². The molecule has 1 saturated heterocycles. The van der Waals surface area contributed by atoms with Gasteiger partial charge >= 0.3 is 0 Å². The molecule has 0 radical (unpaired) electrons. The Labute approximate surface area is 152 Å². The Morgan fingerprint density at radius 2 is 1.96 bits per heavy atom. The van der Waals surface area contributed by atoms with Crippen LogP contribution in [0.4, 0.5) is 10.1 Å². The Morgan fingerprint density at radius 3 is 2.65 bits per heavy atom. The minimum atomic E-state index is -0.441. The maximum Gasteiger partial charge on any atom is 0.255 e. The average molecular weight is 355 g/mol. The van der Waals surface area contributed by atoms with Gasteiger partial charge in [0.05, 0.1) is 5.92 Å². The van der Waals surface area contributed by atoms with Gasteiger partial charge in [0.1, 0.15) is 5.82 Å². The molecule has 5 nitrogen and oxygen atoms in total. The van der Waals surface area contributed by atoms with Crippen molar-refractivity contribution in [3.05, 3.63) is 65.5 Å². The summed E-state index contributed by atoms with van der Waals surface area (Å²) in [7, 11) is 0. The van der Waals surface area contributed by atoms with Crippen molar-refractivity contribution in [1.29, 1.82) is 0 Å². The number of nitrogens with two attached hydrogens (primary N) is 1. The fourth-order valence-electron chi connectivity index (χ4n) is 3.22. The Balaban J connectivity index is 1.58. The lowest BCUT2D eigenvalue weighted by Gasteiger charge is -2.31. The average Bonchev–Trinajstić information content (AvgIpc) is 2.63. The molecule has 0 saturated carbocycles. The van der Waals surface area contributed by atoms with Crippen LogP contribution in [0.5, 0.6) is 0 Å². The molecule has 0 aliphatic carbocycles. The first kappa shape index (κ1) is 18.1. The van der Waals surface area contributed by atoms with E-state index in [0.717, 1.165) is 31.5 Å². The number of nitrogens with zero attached hydrogens (tertiary/aromatic N) is 1. The summed E-state index contributed by atoms with van der Waals surface area (Å²) in [4.78, 5) is 25.7. The van der Waals surface area contributed by atoms with E-state index in [1.165, 1.54) is 18.2 Å². The summed E-state index contributed by atoms with van der Waals surface area (Å²) in [6, 6.07) is 13.1. The number of amides is 2. The first-order chi connectivity index (χ1) is 12.5. The number of rotatable bonds is 5. The standard InChI is InChI=1S/C20H22FN3O2/c21-17-5-1-3-15(11-17)20(26)23-18-8-6-14(7-9-18)12-24-10-2-4-16(13-24)19(22)25/h1,3,5-9,11,16H,2,4,10,12-13H2,(H2,22,25)(H,23,26). The monoisotopic (exact) mass is 355 g/mol. The number of carbonyl (C=O) groups is 2. The van der Waals surface area contributed by atoms with Gasteiger partial charge in [-0.05, 0) is 55.3 Å². The SMILES string of the molecule is NC(=O)C1CCCN(Cc2ccc(NC(=O)c3cccc(F)c3)cc2)C1. The van der Waals surface area contributed by atoms with Crippen LogP contribution in [-0.4, -0.2) is 29.8 Å². The second-order valence-corrected chi connectivity index (χ2v) is 6.64. The van der Waals surface area contributed by atoms with Crippen LogP contribution in [0.1, 0.15) is 28.8 Å². The van der Waals surface area contributed by atoms with Gasteiger partial charge in [0, 0.05) is 24.3 Å². The molecule has 1 heterocycles. The Bertz CT molecular complexity index is 792. The summed E-state index contributed by atoms with van der Waals surface area (Å²) in [5, 5.41) is 2.76. The summed E-state index contributed by atoms with van der Waals surface area (Å²) >= 11 is 0. The summed E-state index contributed by atoms with van der Waals surface area (Å²) in [6.07, 6.45) is 1.83. The molecule has 0 aromatic heterocycles. The van der Waals surface area contributed by atoms with Crippen molar-refractivity contribution in [3.8, 4) is 0 Å². The second kappa shape index (κ2) is 8.10. The molecule has 2 amide bonds. The minimum Gasteiger partial charge on any atom is -0.369 e. The Kier molecular flexibility index (Phi) is 5.63. The van der Waals surface area contributed by atoms with E-state index < -0.39 is 5.82 Å². The van der Waals surface area contributed by atoms with Crippen molar-refractivity contribution in [2.45, 2.75) is 19.4 Å². The van der Waals surface area contributed by atoms with E-state index in [9.17, 15) is 14.0 Å². The normalized spacial score (nSPS) is 17.7. The fraction of sp³-hybridized carbons (Fsp3) is 0.300. The van der Waals surface area contributed by atoms with Gasteiger partial charge in [-0.1, -0.05) is 18.2 Å². The zero-order chi connectivity index (χ0) is 18.5. The minimum absolute atomic E-state index is 0.0754. The number of hydrogen-bond donors (Lipinski definition) is 2. The molecular formula is C20H22FN3O2. The Morgan fingerprint density at radius 1 is 1.19 bits per heavy atom. The van der Waals surface area contributed by atoms with Gasteiger partial charge in [-0.25, -0.2) is 4.39 Å². The molecule has 1 fully saturated rings. The largest absolute Gasteiger partial charge is 0.369 e. The molecule has 6 heteroatoms. The molecule has 136 valence electrons. The predicted molar refractivity (Wildman–Crippen MR) is 98.0 cm³/mol. The van der Waals surface area contributed by atoms with Gasteiger partial charge in [0.2, 0.25) is 5.91 Å². The van der Waals surface area contributed by atoms with Gasteiger partial charge in [0.25, 0.3) is 5.91 Å². The van der Waals surface area contributed by atoms with E-state index in [1.54, 1.807) is 6.07 Å². The molecule has 1 aliphatic heterocycles. The number of primary amides is 1. The van der Waals surface area contributed by atoms with Gasteiger partial charge in [-0.2, -0.15) is 0 Å². The van der Waals surface area contributed by atoms with E-state index in [1.807, 2.05) is 24.3 Å². The number of anilines is 1. The lowest BCUT2D eigenvalue weighted by atomic mass is 9.97. The van der Waals surface area contributed by atoms with Crippen molar-refractivity contribution < 1.29 is 14.0 Å². The van der Waals surface area contributed by atoms with Crippen molar-refractivity contribution in [1.82, 2.24) is 4.90 Å². The highest BCUT2D eigenvalue weighted by atomic mass is 19.1. The van der Waals surface area contributed by atoms with Crippen LogP contribution in [0.25, 0.3) is 0 Å². The predicted octanol–water partition coefficient (Wildman–Crippen LogP) is 2.78. The smallest absolute Gasteiger partial charge is 0.255 e. The number of nitrogens with one attached hydrogen (secondary N) is 1. The van der Waals surface area contributed by atoms with Gasteiger partial charge in [-0.15, -0.1) is 0 Å². The van der Waals surface area contributed by atoms with E-state index in [2.05, 4.69) is 10.2 Å². The highest BCUT2D eigenvalue weighted by Crippen LogP contribution is 2.19. The number of hydrogen-bond acceptors (Lipinski definition) is 3. The maximum atomic E-state index is 13.2. The second-order valence-electron chi connectivity index (χ2n) is 6.64. The highest BCUT2D eigenvalue weighted by Gasteiger charge is 2.23. The lowest BCUT2D eigenvalue weighted by molar-refractivity contribution is -0.123. The molecular weight excluding hydrogens is 333 g/mol. The van der Waals surface area contributed by atoms with Crippen LogP contribution in [0.2, 0.25) is 0 Å². The molecule has 1 aliphatic rings. The van der Waals surface area contributed by atoms with Crippen molar-refractivity contribution in [3.63, 3.8) is 0 Å². The van der Waals surface area contributed by atoms with Crippen molar-refractivity contribution in [2.24, 2.45) is 11.7 Å². The third-order valence-corrected chi connectivity index (χ3v) is 4.61. The quantitative estimate of drug-likeness (QED) is 0.866. The molecule has 0 bridgehead atoms. The lowest BCUT2D eigenvalue weighted by Crippen LogP contribution is -2.40. The topological polar surface area (TPSA) is 75.4 Å². The molecule has 2 aromatic rings. The Hall–Kier alpha value is -2.73. The first-order valence-electron chi connectivity index (χ1n) is 8.69. The molecule has 1 unspecified atom stereocenters.